The van der Waals surface area contributed by atoms with E-state index in [4.69, 9.17) is 5.73 Å². The van der Waals surface area contributed by atoms with E-state index in [1.54, 1.807) is 10.9 Å². The number of hydrogen-bond donors (Lipinski definition) is 2. The molecular formula is C20H20F3N7O. The molecule has 0 spiro atoms. The molecule has 1 aliphatic rings. The molecule has 1 aromatic carbocycles. The van der Waals surface area contributed by atoms with E-state index in [9.17, 15) is 18.3 Å². The number of nitrogens with two attached hydrogens (primary N) is 1. The van der Waals surface area contributed by atoms with Crippen LogP contribution in [0.25, 0.3) is 11.3 Å². The van der Waals surface area contributed by atoms with E-state index in [2.05, 4.69) is 25.3 Å². The van der Waals surface area contributed by atoms with Crippen molar-refractivity contribution >= 4 is 12.0 Å². The molecule has 8 nitrogen and oxygen atoms in total. The van der Waals surface area contributed by atoms with Crippen molar-refractivity contribution in [2.24, 2.45) is 12.0 Å². The van der Waals surface area contributed by atoms with Gasteiger partial charge in [0.2, 0.25) is 0 Å². The number of aliphatic imine (C=N–C) groups is 1. The van der Waals surface area contributed by atoms with Crippen LogP contribution in [0.3, 0.4) is 0 Å². The summed E-state index contributed by atoms with van der Waals surface area (Å²) >= 11 is 0. The molecule has 2 aromatic heterocycles. The average molecular weight is 431 g/mol. The number of phenols is 1. The molecule has 3 aromatic rings. The van der Waals surface area contributed by atoms with Gasteiger partial charge in [0.05, 0.1) is 41.1 Å². The number of halogens is 3. The molecule has 4 rings (SSSR count). The summed E-state index contributed by atoms with van der Waals surface area (Å²) in [6.07, 6.45) is 0.669. The number of fused-ring (bicyclic) bond motifs is 1. The van der Waals surface area contributed by atoms with E-state index in [0.717, 1.165) is 30.3 Å². The number of nitrogen functional groups attached to an aromatic ring is 1. The Morgan fingerprint density at radius 1 is 1.32 bits per heavy atom. The third-order valence-electron chi connectivity index (χ3n) is 5.30. The quantitative estimate of drug-likeness (QED) is 0.617. The second-order valence-corrected chi connectivity index (χ2v) is 7.49. The van der Waals surface area contributed by atoms with Gasteiger partial charge in [-0.25, -0.2) is 9.97 Å². The average Bonchev–Trinajstić information content (AvgIpc) is 3.06. The van der Waals surface area contributed by atoms with Gasteiger partial charge in [-0.3, -0.25) is 9.67 Å². The molecule has 0 bridgehead atoms. The lowest BCUT2D eigenvalue weighted by Gasteiger charge is -2.17. The van der Waals surface area contributed by atoms with Gasteiger partial charge in [0, 0.05) is 19.0 Å². The highest BCUT2D eigenvalue weighted by molar-refractivity contribution is 5.84. The van der Waals surface area contributed by atoms with Crippen LogP contribution < -0.4 is 5.73 Å². The van der Waals surface area contributed by atoms with E-state index in [1.165, 1.54) is 13.1 Å². The van der Waals surface area contributed by atoms with Gasteiger partial charge in [0.25, 0.3) is 0 Å². The summed E-state index contributed by atoms with van der Waals surface area (Å²) in [6, 6.07) is 1.65. The number of aromatic nitrogens is 5. The lowest BCUT2D eigenvalue weighted by atomic mass is 9.96. The van der Waals surface area contributed by atoms with Gasteiger partial charge in [-0.15, -0.1) is 5.10 Å². The lowest BCUT2D eigenvalue weighted by molar-refractivity contribution is -0.137. The first-order valence-electron chi connectivity index (χ1n) is 9.57. The van der Waals surface area contributed by atoms with Crippen molar-refractivity contribution in [2.45, 2.75) is 38.4 Å². The topological polar surface area (TPSA) is 115 Å². The summed E-state index contributed by atoms with van der Waals surface area (Å²) in [4.78, 5) is 13.0. The molecule has 1 unspecified atom stereocenters. The van der Waals surface area contributed by atoms with E-state index in [1.807, 2.05) is 7.05 Å². The molecule has 31 heavy (non-hydrogen) atoms. The van der Waals surface area contributed by atoms with Gasteiger partial charge in [-0.1, -0.05) is 5.21 Å². The monoisotopic (exact) mass is 431 g/mol. The largest absolute Gasteiger partial charge is 0.507 e. The van der Waals surface area contributed by atoms with Crippen molar-refractivity contribution in [3.05, 3.63) is 46.5 Å². The van der Waals surface area contributed by atoms with Crippen LogP contribution in [-0.4, -0.2) is 42.3 Å². The molecule has 0 aliphatic heterocycles. The van der Waals surface area contributed by atoms with Gasteiger partial charge in [-0.2, -0.15) is 13.2 Å². The second-order valence-electron chi connectivity index (χ2n) is 7.49. The Balaban J connectivity index is 1.57. The molecule has 3 N–H and O–H groups in total. The highest BCUT2D eigenvalue weighted by Crippen LogP contribution is 2.38. The number of hydrogen-bond acceptors (Lipinski definition) is 7. The first-order chi connectivity index (χ1) is 14.6. The highest BCUT2D eigenvalue weighted by atomic mass is 19.4. The smallest absolute Gasteiger partial charge is 0.416 e. The minimum atomic E-state index is -4.56. The first-order valence-corrected chi connectivity index (χ1v) is 9.57. The molecular weight excluding hydrogens is 411 g/mol. The SMILES string of the molecule is Cc1cc(C(F)(F)F)cc(O)c1-c1cnc(C=NC2CCc3nnn(C)c3C2)c(N)n1. The van der Waals surface area contributed by atoms with Gasteiger partial charge >= 0.3 is 6.18 Å². The highest BCUT2D eigenvalue weighted by Gasteiger charge is 2.32. The second kappa shape index (κ2) is 7.64. The van der Waals surface area contributed by atoms with Crippen molar-refractivity contribution in [3.63, 3.8) is 0 Å². The van der Waals surface area contributed by atoms with Gasteiger partial charge < -0.3 is 10.8 Å². The van der Waals surface area contributed by atoms with Crippen LogP contribution in [0.5, 0.6) is 5.75 Å². The molecule has 1 aliphatic carbocycles. The molecule has 162 valence electrons. The standard InChI is InChI=1S/C20H20F3N7O/c1-10-5-11(20(21,22)23)6-17(31)18(10)14-8-26-15(19(24)27-14)9-25-12-3-4-13-16(7-12)30(2)29-28-13/h5-6,8-9,12,31H,3-4,7H2,1-2H3,(H2,24,27). The van der Waals surface area contributed by atoms with Crippen LogP contribution in [0.2, 0.25) is 0 Å². The fourth-order valence-electron chi connectivity index (χ4n) is 3.69. The number of rotatable bonds is 3. The Bertz CT molecular complexity index is 1150. The predicted octanol–water partition coefficient (Wildman–Crippen LogP) is 2.86. The minimum absolute atomic E-state index is 0.0341. The Labute approximate surface area is 175 Å². The van der Waals surface area contributed by atoms with Crippen LogP contribution in [-0.2, 0) is 26.1 Å². The Morgan fingerprint density at radius 2 is 2.10 bits per heavy atom. The maximum atomic E-state index is 12.9. The van der Waals surface area contributed by atoms with Crippen molar-refractivity contribution in [1.82, 2.24) is 25.0 Å². The zero-order valence-electron chi connectivity index (χ0n) is 16.8. The summed E-state index contributed by atoms with van der Waals surface area (Å²) in [5.74, 6) is -0.469. The molecule has 0 radical (unpaired) electrons. The molecule has 11 heteroatoms. The molecule has 0 amide bonds. The van der Waals surface area contributed by atoms with Crippen molar-refractivity contribution in [1.29, 1.82) is 0 Å². The zero-order chi connectivity index (χ0) is 22.3. The first kappa shape index (κ1) is 20.8. The van der Waals surface area contributed by atoms with E-state index in [-0.39, 0.29) is 28.7 Å². The third-order valence-corrected chi connectivity index (χ3v) is 5.30. The van der Waals surface area contributed by atoms with Crippen LogP contribution in [0.4, 0.5) is 19.0 Å². The third kappa shape index (κ3) is 4.07. The van der Waals surface area contributed by atoms with Crippen LogP contribution in [0.1, 0.15) is 34.6 Å². The summed E-state index contributed by atoms with van der Waals surface area (Å²) < 4.78 is 40.6. The maximum Gasteiger partial charge on any atom is 0.416 e. The van der Waals surface area contributed by atoms with Crippen molar-refractivity contribution in [3.8, 4) is 17.0 Å². The summed E-state index contributed by atoms with van der Waals surface area (Å²) in [5.41, 5.74) is 8.01. The Hall–Kier alpha value is -3.50. The number of benzene rings is 1. The predicted molar refractivity (Wildman–Crippen MR) is 108 cm³/mol. The van der Waals surface area contributed by atoms with Gasteiger partial charge in [0.15, 0.2) is 5.82 Å². The summed E-state index contributed by atoms with van der Waals surface area (Å²) in [6.45, 7) is 1.46. The molecule has 0 fully saturated rings. The fourth-order valence-corrected chi connectivity index (χ4v) is 3.69. The van der Waals surface area contributed by atoms with Crippen molar-refractivity contribution in [2.75, 3.05) is 5.73 Å². The van der Waals surface area contributed by atoms with Gasteiger partial charge in [-0.05, 0) is 37.5 Å². The number of alkyl halides is 3. The maximum absolute atomic E-state index is 12.9. The fraction of sp³-hybridized carbons (Fsp3) is 0.350. The number of aryl methyl sites for hydroxylation is 3. The minimum Gasteiger partial charge on any atom is -0.507 e. The molecule has 0 saturated heterocycles. The molecule has 1 atom stereocenters. The van der Waals surface area contributed by atoms with E-state index in [0.29, 0.717) is 18.2 Å². The van der Waals surface area contributed by atoms with Crippen LogP contribution in [0, 0.1) is 6.92 Å². The Morgan fingerprint density at radius 3 is 2.77 bits per heavy atom. The van der Waals surface area contributed by atoms with Crippen molar-refractivity contribution < 1.29 is 18.3 Å². The zero-order valence-corrected chi connectivity index (χ0v) is 16.8. The van der Waals surface area contributed by atoms with Crippen LogP contribution >= 0.6 is 0 Å². The number of aromatic hydroxyl groups is 1. The number of anilines is 1. The number of phenolic OH excluding ortho intramolecular Hbond substituents is 1. The summed E-state index contributed by atoms with van der Waals surface area (Å²) in [5, 5.41) is 18.3. The van der Waals surface area contributed by atoms with Gasteiger partial charge in [0.1, 0.15) is 11.4 Å². The Kier molecular flexibility index (Phi) is 5.11. The lowest BCUT2D eigenvalue weighted by Crippen LogP contribution is -2.19. The summed E-state index contributed by atoms with van der Waals surface area (Å²) in [7, 11) is 1.85. The molecule has 0 saturated carbocycles. The van der Waals surface area contributed by atoms with E-state index >= 15 is 0 Å². The van der Waals surface area contributed by atoms with E-state index < -0.39 is 17.5 Å². The number of nitrogens with zero attached hydrogens (tertiary/aromatic N) is 6. The van der Waals surface area contributed by atoms with Crippen LogP contribution in [0.15, 0.2) is 23.3 Å². The normalized spacial score (nSPS) is 16.6. The molecule has 2 heterocycles.